The number of hydrogen-bond acceptors (Lipinski definition) is 1. The molecule has 1 aromatic heterocycles. The number of nitrogens with one attached hydrogen (secondary N) is 1. The zero-order valence-electron chi connectivity index (χ0n) is 9.15. The Morgan fingerprint density at radius 2 is 1.94 bits per heavy atom. The number of benzene rings is 2. The third kappa shape index (κ3) is 1.62. The molecule has 0 atom stereocenters. The Bertz CT molecular complexity index is 791. The second kappa shape index (κ2) is 3.99. The van der Waals surface area contributed by atoms with Crippen LogP contribution in [0.4, 0.5) is 4.39 Å². The molecule has 0 fully saturated rings. The summed E-state index contributed by atoms with van der Waals surface area (Å²) < 4.78 is 14.8. The topological polar surface area (TPSA) is 37.8 Å². The molecule has 1 N–H and O–H groups in total. The molecule has 3 aromatic rings. The molecule has 1 heterocycles. The summed E-state index contributed by atoms with van der Waals surface area (Å²) in [5.74, 6) is -0.461. The number of halogens is 2. The third-order valence-electron chi connectivity index (χ3n) is 2.74. The molecular weight excluding hydrogens is 255 g/mol. The number of rotatable bonds is 1. The van der Waals surface area contributed by atoms with Crippen molar-refractivity contribution in [2.24, 2.45) is 0 Å². The number of hydrogen-bond donors (Lipinski definition) is 1. The largest absolute Gasteiger partial charge is 0.290 e. The number of fused-ring (bicyclic) bond motifs is 1. The van der Waals surface area contributed by atoms with Crippen LogP contribution in [0.3, 0.4) is 0 Å². The van der Waals surface area contributed by atoms with Crippen LogP contribution in [0, 0.1) is 5.82 Å². The molecule has 0 saturated carbocycles. The van der Waals surface area contributed by atoms with Gasteiger partial charge in [-0.15, -0.1) is 0 Å². The monoisotopic (exact) mass is 262 g/mol. The molecule has 0 bridgehead atoms. The van der Waals surface area contributed by atoms with Gasteiger partial charge in [0.15, 0.2) is 0 Å². The predicted octanol–water partition coefficient (Wildman–Crippen LogP) is 3.11. The van der Waals surface area contributed by atoms with Crippen molar-refractivity contribution in [2.45, 2.75) is 0 Å². The van der Waals surface area contributed by atoms with Crippen molar-refractivity contribution in [1.29, 1.82) is 0 Å². The minimum Gasteiger partial charge on any atom is -0.290 e. The van der Waals surface area contributed by atoms with E-state index in [1.807, 2.05) is 0 Å². The second-order valence-corrected chi connectivity index (χ2v) is 4.33. The highest BCUT2D eigenvalue weighted by atomic mass is 35.5. The highest BCUT2D eigenvalue weighted by Crippen LogP contribution is 2.17. The van der Waals surface area contributed by atoms with E-state index in [0.717, 1.165) is 0 Å². The molecule has 0 aliphatic heterocycles. The fraction of sp³-hybridized carbons (Fsp3) is 0. The fourth-order valence-corrected chi connectivity index (χ4v) is 2.06. The maximum atomic E-state index is 13.7. The van der Waals surface area contributed by atoms with E-state index < -0.39 is 5.82 Å². The van der Waals surface area contributed by atoms with Crippen molar-refractivity contribution in [2.75, 3.05) is 0 Å². The van der Waals surface area contributed by atoms with Crippen LogP contribution in [-0.4, -0.2) is 9.78 Å². The van der Waals surface area contributed by atoms with Crippen LogP contribution in [0.2, 0.25) is 5.02 Å². The number of aromatic amines is 1. The van der Waals surface area contributed by atoms with Crippen molar-refractivity contribution in [3.8, 4) is 5.69 Å². The minimum atomic E-state index is -0.461. The highest BCUT2D eigenvalue weighted by molar-refractivity contribution is 6.31. The molecule has 90 valence electrons. The van der Waals surface area contributed by atoms with Gasteiger partial charge in [0.25, 0.3) is 5.56 Å². The van der Waals surface area contributed by atoms with Crippen molar-refractivity contribution in [1.82, 2.24) is 9.78 Å². The van der Waals surface area contributed by atoms with E-state index in [4.69, 9.17) is 11.6 Å². The van der Waals surface area contributed by atoms with E-state index in [-0.39, 0.29) is 11.2 Å². The predicted molar refractivity (Wildman–Crippen MR) is 68.9 cm³/mol. The van der Waals surface area contributed by atoms with E-state index in [1.165, 1.54) is 16.8 Å². The maximum absolute atomic E-state index is 13.7. The summed E-state index contributed by atoms with van der Waals surface area (Å²) in [6, 6.07) is 11.0. The summed E-state index contributed by atoms with van der Waals surface area (Å²) in [7, 11) is 0. The third-order valence-corrected chi connectivity index (χ3v) is 2.98. The van der Waals surface area contributed by atoms with Crippen LogP contribution in [0.5, 0.6) is 0 Å². The number of para-hydroxylation sites is 1. The van der Waals surface area contributed by atoms with Gasteiger partial charge in [-0.2, -0.15) is 0 Å². The van der Waals surface area contributed by atoms with Crippen LogP contribution >= 0.6 is 11.6 Å². The van der Waals surface area contributed by atoms with Crippen molar-refractivity contribution in [3.05, 3.63) is 63.7 Å². The Balaban J connectivity index is 2.34. The Hall–Kier alpha value is -2.07. The molecule has 0 unspecified atom stereocenters. The van der Waals surface area contributed by atoms with Gasteiger partial charge in [-0.05, 0) is 30.3 Å². The highest BCUT2D eigenvalue weighted by Gasteiger charge is 2.11. The molecular formula is C13H8ClFN2O. The Kier molecular flexibility index (Phi) is 2.45. The van der Waals surface area contributed by atoms with Crippen molar-refractivity contribution >= 4 is 22.5 Å². The molecule has 2 aromatic carbocycles. The van der Waals surface area contributed by atoms with Gasteiger partial charge < -0.3 is 0 Å². The average Bonchev–Trinajstić information content (AvgIpc) is 2.67. The van der Waals surface area contributed by atoms with Gasteiger partial charge in [0, 0.05) is 5.02 Å². The zero-order chi connectivity index (χ0) is 12.7. The molecule has 0 spiro atoms. The van der Waals surface area contributed by atoms with E-state index in [0.29, 0.717) is 15.9 Å². The second-order valence-electron chi connectivity index (χ2n) is 3.89. The lowest BCUT2D eigenvalue weighted by atomic mass is 10.2. The molecule has 18 heavy (non-hydrogen) atoms. The van der Waals surface area contributed by atoms with Gasteiger partial charge in [-0.1, -0.05) is 23.7 Å². The number of nitrogens with zero attached hydrogens (tertiary/aromatic N) is 1. The summed E-state index contributed by atoms with van der Waals surface area (Å²) >= 11 is 5.85. The lowest BCUT2D eigenvalue weighted by molar-refractivity contribution is 0.609. The standard InChI is InChI=1S/C13H8ClFN2O/c14-8-5-6-9-11(7-8)16-17(13(9)18)12-4-2-1-3-10(12)15/h1-7,16H. The van der Waals surface area contributed by atoms with E-state index >= 15 is 0 Å². The van der Waals surface area contributed by atoms with Crippen LogP contribution in [-0.2, 0) is 0 Å². The molecule has 3 nitrogen and oxygen atoms in total. The van der Waals surface area contributed by atoms with Gasteiger partial charge in [0.1, 0.15) is 11.5 Å². The molecule has 0 aliphatic rings. The quantitative estimate of drug-likeness (QED) is 0.719. The van der Waals surface area contributed by atoms with Gasteiger partial charge >= 0.3 is 0 Å². The fourth-order valence-electron chi connectivity index (χ4n) is 1.89. The Morgan fingerprint density at radius 3 is 2.72 bits per heavy atom. The van der Waals surface area contributed by atoms with Gasteiger partial charge in [0.05, 0.1) is 10.9 Å². The first-order chi connectivity index (χ1) is 8.66. The average molecular weight is 263 g/mol. The first kappa shape index (κ1) is 11.0. The normalized spacial score (nSPS) is 11.0. The van der Waals surface area contributed by atoms with Gasteiger partial charge in [0.2, 0.25) is 0 Å². The molecule has 0 saturated heterocycles. The first-order valence-corrected chi connectivity index (χ1v) is 5.70. The zero-order valence-corrected chi connectivity index (χ0v) is 9.91. The van der Waals surface area contributed by atoms with Gasteiger partial charge in [-0.25, -0.2) is 9.07 Å². The van der Waals surface area contributed by atoms with Gasteiger partial charge in [-0.3, -0.25) is 9.89 Å². The van der Waals surface area contributed by atoms with Crippen LogP contribution in [0.15, 0.2) is 47.3 Å². The molecule has 0 aliphatic carbocycles. The molecule has 0 radical (unpaired) electrons. The minimum absolute atomic E-state index is 0.190. The van der Waals surface area contributed by atoms with Crippen molar-refractivity contribution < 1.29 is 4.39 Å². The van der Waals surface area contributed by atoms with Crippen LogP contribution in [0.1, 0.15) is 0 Å². The number of H-pyrrole nitrogens is 1. The van der Waals surface area contributed by atoms with Crippen LogP contribution < -0.4 is 5.56 Å². The summed E-state index contributed by atoms with van der Waals surface area (Å²) in [6.07, 6.45) is 0. The lowest BCUT2D eigenvalue weighted by Gasteiger charge is -2.01. The molecule has 0 amide bonds. The van der Waals surface area contributed by atoms with Crippen molar-refractivity contribution in [3.63, 3.8) is 0 Å². The molecule has 3 rings (SSSR count). The number of aromatic nitrogens is 2. The smallest absolute Gasteiger partial charge is 0.279 e. The Labute approximate surface area is 106 Å². The maximum Gasteiger partial charge on any atom is 0.279 e. The SMILES string of the molecule is O=c1c2ccc(Cl)cc2[nH]n1-c1ccccc1F. The Morgan fingerprint density at radius 1 is 1.17 bits per heavy atom. The van der Waals surface area contributed by atoms with Crippen LogP contribution in [0.25, 0.3) is 16.6 Å². The van der Waals surface area contributed by atoms with E-state index in [1.54, 1.807) is 30.3 Å². The summed E-state index contributed by atoms with van der Waals surface area (Å²) in [5, 5.41) is 3.83. The summed E-state index contributed by atoms with van der Waals surface area (Å²) in [6.45, 7) is 0. The summed E-state index contributed by atoms with van der Waals surface area (Å²) in [5.41, 5.74) is 0.470. The summed E-state index contributed by atoms with van der Waals surface area (Å²) in [4.78, 5) is 12.1. The molecule has 5 heteroatoms. The first-order valence-electron chi connectivity index (χ1n) is 5.32. The van der Waals surface area contributed by atoms with E-state index in [2.05, 4.69) is 5.10 Å². The lowest BCUT2D eigenvalue weighted by Crippen LogP contribution is -2.15. The van der Waals surface area contributed by atoms with E-state index in [9.17, 15) is 9.18 Å².